The van der Waals surface area contributed by atoms with Gasteiger partial charge in [0.15, 0.2) is 17.0 Å². The lowest BCUT2D eigenvalue weighted by molar-refractivity contribution is 0.384. The Morgan fingerprint density at radius 1 is 0.829 bits per heavy atom. The van der Waals surface area contributed by atoms with Crippen molar-refractivity contribution in [3.63, 3.8) is 0 Å². The van der Waals surface area contributed by atoms with Crippen molar-refractivity contribution >= 4 is 37.8 Å². The van der Waals surface area contributed by atoms with Crippen LogP contribution in [0.25, 0.3) is 27.6 Å². The van der Waals surface area contributed by atoms with Gasteiger partial charge in [-0.3, -0.25) is 0 Å². The number of hydrogen-bond donors (Lipinski definition) is 0. The van der Waals surface area contributed by atoms with Gasteiger partial charge in [0.1, 0.15) is 12.1 Å². The lowest BCUT2D eigenvalue weighted by Crippen LogP contribution is -2.49. The molecule has 0 bridgehead atoms. The molecule has 11 heteroatoms. The molecule has 1 saturated heterocycles. The lowest BCUT2D eigenvalue weighted by atomic mass is 10.1. The average Bonchev–Trinajstić information content (AvgIpc) is 3.33. The summed E-state index contributed by atoms with van der Waals surface area (Å²) in [7, 11) is -3.63. The zero-order chi connectivity index (χ0) is 24.0. The summed E-state index contributed by atoms with van der Waals surface area (Å²) >= 11 is 0. The van der Waals surface area contributed by atoms with Gasteiger partial charge in [-0.2, -0.15) is 8.99 Å². The second-order valence-corrected chi connectivity index (χ2v) is 10.2. The van der Waals surface area contributed by atoms with E-state index in [2.05, 4.69) is 20.3 Å². The fraction of sp³-hybridized carbons (Fsp3) is 0.167. The smallest absolute Gasteiger partial charge is 0.243 e. The monoisotopic (exact) mass is 489 g/mol. The molecule has 35 heavy (non-hydrogen) atoms. The number of rotatable bonds is 4. The predicted octanol–water partition coefficient (Wildman–Crippen LogP) is 3.01. The highest BCUT2D eigenvalue weighted by Crippen LogP contribution is 2.26. The van der Waals surface area contributed by atoms with Crippen molar-refractivity contribution in [1.29, 1.82) is 0 Å². The Kier molecular flexibility index (Phi) is 5.15. The summed E-state index contributed by atoms with van der Waals surface area (Å²) in [5.74, 6) is 0.185. The first kappa shape index (κ1) is 21.6. The molecule has 3 aromatic carbocycles. The molecule has 0 aliphatic carbocycles. The minimum Gasteiger partial charge on any atom is -0.352 e. The predicted molar refractivity (Wildman–Crippen MR) is 129 cm³/mol. The average molecular weight is 490 g/mol. The lowest BCUT2D eigenvalue weighted by Gasteiger charge is -2.34. The van der Waals surface area contributed by atoms with E-state index in [0.717, 1.165) is 10.8 Å². The minimum absolute atomic E-state index is 0.284. The molecule has 0 N–H and O–H groups in total. The van der Waals surface area contributed by atoms with E-state index in [1.165, 1.54) is 27.4 Å². The third kappa shape index (κ3) is 3.78. The largest absolute Gasteiger partial charge is 0.352 e. The van der Waals surface area contributed by atoms with Crippen molar-refractivity contribution < 1.29 is 12.8 Å². The molecule has 6 rings (SSSR count). The number of halogens is 1. The molecule has 5 aromatic rings. The van der Waals surface area contributed by atoms with Crippen LogP contribution in [0.3, 0.4) is 0 Å². The minimum atomic E-state index is -3.63. The van der Waals surface area contributed by atoms with E-state index in [0.29, 0.717) is 48.8 Å². The summed E-state index contributed by atoms with van der Waals surface area (Å²) in [5.41, 5.74) is 1.43. The molecule has 9 nitrogen and oxygen atoms in total. The fourth-order valence-corrected chi connectivity index (χ4v) is 5.83. The van der Waals surface area contributed by atoms with E-state index in [-0.39, 0.29) is 10.7 Å². The van der Waals surface area contributed by atoms with Crippen molar-refractivity contribution in [1.82, 2.24) is 29.3 Å². The van der Waals surface area contributed by atoms with E-state index in [9.17, 15) is 12.8 Å². The molecule has 0 unspecified atom stereocenters. The first-order chi connectivity index (χ1) is 17.0. The summed E-state index contributed by atoms with van der Waals surface area (Å²) in [6.07, 6.45) is 1.41. The SMILES string of the molecule is O=S(=O)(c1ccc2ccccc2c1)N1CCN(c2ncnc3c2nnn3-c2cccc(F)c2)CC1. The first-order valence-corrected chi connectivity index (χ1v) is 12.5. The summed E-state index contributed by atoms with van der Waals surface area (Å²) in [5, 5.41) is 10.3. The van der Waals surface area contributed by atoms with Gasteiger partial charge in [0.25, 0.3) is 0 Å². The van der Waals surface area contributed by atoms with Crippen LogP contribution >= 0.6 is 0 Å². The van der Waals surface area contributed by atoms with Gasteiger partial charge in [-0.1, -0.05) is 41.6 Å². The molecule has 0 saturated carbocycles. The van der Waals surface area contributed by atoms with Crippen LogP contribution in [-0.4, -0.2) is 63.9 Å². The van der Waals surface area contributed by atoms with Gasteiger partial charge in [-0.05, 0) is 41.1 Å². The Labute approximate surface area is 200 Å². The molecule has 1 fully saturated rings. The number of sulfonamides is 1. The van der Waals surface area contributed by atoms with Gasteiger partial charge in [0, 0.05) is 26.2 Å². The molecule has 1 aliphatic heterocycles. The Bertz CT molecular complexity index is 1660. The Balaban J connectivity index is 1.25. The van der Waals surface area contributed by atoms with Crippen LogP contribution in [-0.2, 0) is 10.0 Å². The van der Waals surface area contributed by atoms with Crippen LogP contribution in [0, 0.1) is 5.82 Å². The van der Waals surface area contributed by atoms with Gasteiger partial charge >= 0.3 is 0 Å². The second-order valence-electron chi connectivity index (χ2n) is 8.25. The number of benzene rings is 3. The summed E-state index contributed by atoms with van der Waals surface area (Å²) in [4.78, 5) is 10.9. The van der Waals surface area contributed by atoms with Crippen LogP contribution in [0.15, 0.2) is 78.0 Å². The molecule has 0 radical (unpaired) electrons. The van der Waals surface area contributed by atoms with E-state index in [1.807, 2.05) is 35.2 Å². The fourth-order valence-electron chi connectivity index (χ4n) is 4.37. The van der Waals surface area contributed by atoms with Gasteiger partial charge in [0.2, 0.25) is 10.0 Å². The Hall–Kier alpha value is -3.96. The molecule has 1 aliphatic rings. The zero-order valence-corrected chi connectivity index (χ0v) is 19.3. The number of hydrogen-bond acceptors (Lipinski definition) is 7. The summed E-state index contributed by atoms with van der Waals surface area (Å²) in [6, 6.07) is 18.9. The quantitative estimate of drug-likeness (QED) is 0.383. The topological polar surface area (TPSA) is 97.1 Å². The van der Waals surface area contributed by atoms with E-state index < -0.39 is 10.0 Å². The highest BCUT2D eigenvalue weighted by Gasteiger charge is 2.30. The normalized spacial score (nSPS) is 15.2. The molecular formula is C24H20FN7O2S. The van der Waals surface area contributed by atoms with Crippen molar-refractivity contribution in [2.24, 2.45) is 0 Å². The van der Waals surface area contributed by atoms with E-state index in [4.69, 9.17) is 0 Å². The summed E-state index contributed by atoms with van der Waals surface area (Å²) in [6.45, 7) is 1.48. The zero-order valence-electron chi connectivity index (χ0n) is 18.5. The van der Waals surface area contributed by atoms with Crippen LogP contribution < -0.4 is 4.90 Å². The Morgan fingerprint density at radius 3 is 2.43 bits per heavy atom. The number of nitrogens with zero attached hydrogens (tertiary/aromatic N) is 7. The highest BCUT2D eigenvalue weighted by atomic mass is 32.2. The van der Waals surface area contributed by atoms with Crippen LogP contribution in [0.5, 0.6) is 0 Å². The van der Waals surface area contributed by atoms with Gasteiger partial charge < -0.3 is 4.90 Å². The molecule has 176 valence electrons. The maximum absolute atomic E-state index is 13.7. The van der Waals surface area contributed by atoms with Gasteiger partial charge in [-0.15, -0.1) is 5.10 Å². The van der Waals surface area contributed by atoms with Crippen molar-refractivity contribution in [2.75, 3.05) is 31.1 Å². The summed E-state index contributed by atoms with van der Waals surface area (Å²) < 4.78 is 43.3. The third-order valence-corrected chi connectivity index (χ3v) is 8.06. The third-order valence-electron chi connectivity index (χ3n) is 6.17. The van der Waals surface area contributed by atoms with Gasteiger partial charge in [0.05, 0.1) is 10.6 Å². The van der Waals surface area contributed by atoms with Crippen molar-refractivity contribution in [2.45, 2.75) is 4.90 Å². The molecule has 2 aromatic heterocycles. The van der Waals surface area contributed by atoms with E-state index >= 15 is 0 Å². The highest BCUT2D eigenvalue weighted by molar-refractivity contribution is 7.89. The maximum Gasteiger partial charge on any atom is 0.243 e. The van der Waals surface area contributed by atoms with Crippen molar-refractivity contribution in [3.8, 4) is 5.69 Å². The Morgan fingerprint density at radius 2 is 1.63 bits per heavy atom. The van der Waals surface area contributed by atoms with Crippen LogP contribution in [0.4, 0.5) is 10.2 Å². The molecule has 3 heterocycles. The first-order valence-electron chi connectivity index (χ1n) is 11.1. The van der Waals surface area contributed by atoms with Gasteiger partial charge in [-0.25, -0.2) is 22.8 Å². The second kappa shape index (κ2) is 8.36. The number of piperazine rings is 1. The van der Waals surface area contributed by atoms with Crippen LogP contribution in [0.2, 0.25) is 0 Å². The number of aromatic nitrogens is 5. The molecule has 0 atom stereocenters. The maximum atomic E-state index is 13.7. The molecule has 0 amide bonds. The van der Waals surface area contributed by atoms with E-state index in [1.54, 1.807) is 24.3 Å². The molecular weight excluding hydrogens is 469 g/mol. The van der Waals surface area contributed by atoms with Crippen LogP contribution in [0.1, 0.15) is 0 Å². The molecule has 0 spiro atoms. The number of fused-ring (bicyclic) bond motifs is 2. The standard InChI is InChI=1S/C24H20FN7O2S/c25-19-6-3-7-20(15-19)32-24-22(28-29-32)23(26-16-27-24)30-10-12-31(13-11-30)35(33,34)21-9-8-17-4-1-2-5-18(17)14-21/h1-9,14-16H,10-13H2. The number of anilines is 1. The van der Waals surface area contributed by atoms with Crippen molar-refractivity contribution in [3.05, 3.63) is 78.9 Å².